The van der Waals surface area contributed by atoms with Gasteiger partial charge in [-0.3, -0.25) is 9.69 Å². The average molecular weight is 436 g/mol. The minimum absolute atomic E-state index is 0.0197. The number of thiazole rings is 1. The SMILES string of the molecule is C=CCn1cnnc1SCC(=O)N(Cc1ccccc1)c1nc2c(C)cccc2s1. The Hall–Kier alpha value is -2.97. The number of benzene rings is 2. The van der Waals surface area contributed by atoms with E-state index >= 15 is 0 Å². The number of carbonyl (C=O) groups is 1. The molecule has 2 aromatic carbocycles. The van der Waals surface area contributed by atoms with Gasteiger partial charge in [0.2, 0.25) is 5.91 Å². The van der Waals surface area contributed by atoms with Crippen molar-refractivity contribution in [3.63, 3.8) is 0 Å². The second-order valence-electron chi connectivity index (χ2n) is 6.73. The Morgan fingerprint density at radius 2 is 2.07 bits per heavy atom. The van der Waals surface area contributed by atoms with E-state index in [0.29, 0.717) is 23.4 Å². The minimum atomic E-state index is -0.0197. The smallest absolute Gasteiger partial charge is 0.239 e. The van der Waals surface area contributed by atoms with Crippen LogP contribution in [0.15, 0.2) is 72.7 Å². The Morgan fingerprint density at radius 1 is 1.23 bits per heavy atom. The molecule has 0 spiro atoms. The maximum atomic E-state index is 13.3. The molecule has 0 saturated carbocycles. The summed E-state index contributed by atoms with van der Waals surface area (Å²) in [4.78, 5) is 19.8. The molecule has 4 rings (SSSR count). The standard InChI is InChI=1S/C22H21N5OS2/c1-3-12-26-15-23-25-22(26)29-14-19(28)27(13-17-9-5-4-6-10-17)21-24-20-16(2)8-7-11-18(20)30-21/h3-11,15H,1,12-14H2,2H3. The first kappa shape index (κ1) is 20.3. The molecule has 0 aliphatic carbocycles. The largest absolute Gasteiger partial charge is 0.305 e. The van der Waals surface area contributed by atoms with Crippen LogP contribution in [0.1, 0.15) is 11.1 Å². The first-order valence-electron chi connectivity index (χ1n) is 9.47. The topological polar surface area (TPSA) is 63.9 Å². The Morgan fingerprint density at radius 3 is 2.83 bits per heavy atom. The van der Waals surface area contributed by atoms with E-state index in [9.17, 15) is 4.79 Å². The number of allylic oxidation sites excluding steroid dienone is 1. The van der Waals surface area contributed by atoms with Crippen molar-refractivity contribution in [3.8, 4) is 0 Å². The molecule has 0 aliphatic rings. The van der Waals surface area contributed by atoms with E-state index in [4.69, 9.17) is 4.98 Å². The highest BCUT2D eigenvalue weighted by Crippen LogP contribution is 2.32. The normalized spacial score (nSPS) is 11.0. The molecule has 30 heavy (non-hydrogen) atoms. The van der Waals surface area contributed by atoms with Crippen molar-refractivity contribution in [1.82, 2.24) is 19.7 Å². The highest BCUT2D eigenvalue weighted by atomic mass is 32.2. The second kappa shape index (κ2) is 9.23. The second-order valence-corrected chi connectivity index (χ2v) is 8.68. The number of nitrogens with zero attached hydrogens (tertiary/aromatic N) is 5. The van der Waals surface area contributed by atoms with Crippen molar-refractivity contribution in [2.24, 2.45) is 0 Å². The van der Waals surface area contributed by atoms with Gasteiger partial charge in [0.05, 0.1) is 22.5 Å². The molecular formula is C22H21N5OS2. The average Bonchev–Trinajstić information content (AvgIpc) is 3.39. The summed E-state index contributed by atoms with van der Waals surface area (Å²) in [5, 5.41) is 9.46. The van der Waals surface area contributed by atoms with Gasteiger partial charge in [-0.1, -0.05) is 71.6 Å². The van der Waals surface area contributed by atoms with Crippen molar-refractivity contribution in [2.75, 3.05) is 10.7 Å². The molecule has 1 amide bonds. The van der Waals surface area contributed by atoms with Crippen molar-refractivity contribution >= 4 is 44.4 Å². The first-order valence-corrected chi connectivity index (χ1v) is 11.3. The molecule has 0 fully saturated rings. The number of aromatic nitrogens is 4. The van der Waals surface area contributed by atoms with Crippen LogP contribution in [0.3, 0.4) is 0 Å². The maximum Gasteiger partial charge on any atom is 0.239 e. The highest BCUT2D eigenvalue weighted by Gasteiger charge is 2.21. The highest BCUT2D eigenvalue weighted by molar-refractivity contribution is 7.99. The van der Waals surface area contributed by atoms with E-state index in [1.807, 2.05) is 60.0 Å². The molecule has 8 heteroatoms. The van der Waals surface area contributed by atoms with Gasteiger partial charge in [-0.25, -0.2) is 4.98 Å². The number of anilines is 1. The summed E-state index contributed by atoms with van der Waals surface area (Å²) < 4.78 is 2.95. The van der Waals surface area contributed by atoms with Gasteiger partial charge in [0.1, 0.15) is 6.33 Å². The van der Waals surface area contributed by atoms with Crippen LogP contribution in [0.25, 0.3) is 10.2 Å². The van der Waals surface area contributed by atoms with Crippen molar-refractivity contribution in [3.05, 3.63) is 78.6 Å². The van der Waals surface area contributed by atoms with Crippen LogP contribution in [-0.4, -0.2) is 31.4 Å². The zero-order valence-corrected chi connectivity index (χ0v) is 18.2. The van der Waals surface area contributed by atoms with Crippen LogP contribution in [-0.2, 0) is 17.9 Å². The summed E-state index contributed by atoms with van der Waals surface area (Å²) in [6.45, 7) is 6.86. The van der Waals surface area contributed by atoms with E-state index in [1.54, 1.807) is 28.6 Å². The molecule has 2 aromatic heterocycles. The van der Waals surface area contributed by atoms with Gasteiger partial charge in [0.25, 0.3) is 0 Å². The summed E-state index contributed by atoms with van der Waals surface area (Å²) >= 11 is 2.91. The third-order valence-electron chi connectivity index (χ3n) is 4.56. The quantitative estimate of drug-likeness (QED) is 0.296. The van der Waals surface area contributed by atoms with E-state index in [0.717, 1.165) is 21.3 Å². The van der Waals surface area contributed by atoms with E-state index in [1.165, 1.54) is 11.8 Å². The Labute approximate surface area is 183 Å². The van der Waals surface area contributed by atoms with Crippen molar-refractivity contribution < 1.29 is 4.79 Å². The molecule has 0 unspecified atom stereocenters. The van der Waals surface area contributed by atoms with Crippen LogP contribution >= 0.6 is 23.1 Å². The fourth-order valence-electron chi connectivity index (χ4n) is 3.04. The van der Waals surface area contributed by atoms with Gasteiger partial charge >= 0.3 is 0 Å². The van der Waals surface area contributed by atoms with E-state index < -0.39 is 0 Å². The number of amides is 1. The summed E-state index contributed by atoms with van der Waals surface area (Å²) in [5.74, 6) is 0.228. The predicted molar refractivity (Wildman–Crippen MR) is 123 cm³/mol. The zero-order valence-electron chi connectivity index (χ0n) is 16.6. The van der Waals surface area contributed by atoms with E-state index in [-0.39, 0.29) is 11.7 Å². The first-order chi connectivity index (χ1) is 14.7. The van der Waals surface area contributed by atoms with Crippen molar-refractivity contribution in [2.45, 2.75) is 25.2 Å². The Balaban J connectivity index is 1.60. The zero-order chi connectivity index (χ0) is 20.9. The molecule has 0 saturated heterocycles. The number of aryl methyl sites for hydroxylation is 1. The predicted octanol–water partition coefficient (Wildman–Crippen LogP) is 4.71. The number of hydrogen-bond donors (Lipinski definition) is 0. The van der Waals surface area contributed by atoms with Crippen molar-refractivity contribution in [1.29, 1.82) is 0 Å². The molecule has 0 atom stereocenters. The monoisotopic (exact) mass is 435 g/mol. The van der Waals surface area contributed by atoms with Crippen LogP contribution in [0.4, 0.5) is 5.13 Å². The fourth-order valence-corrected chi connectivity index (χ4v) is 4.90. The third kappa shape index (κ3) is 4.44. The molecule has 4 aromatic rings. The van der Waals surface area contributed by atoms with Gasteiger partial charge in [-0.2, -0.15) is 0 Å². The van der Waals surface area contributed by atoms with Crippen LogP contribution in [0, 0.1) is 6.92 Å². The summed E-state index contributed by atoms with van der Waals surface area (Å²) in [6, 6.07) is 16.1. The lowest BCUT2D eigenvalue weighted by Crippen LogP contribution is -2.32. The lowest BCUT2D eigenvalue weighted by Gasteiger charge is -2.20. The number of fused-ring (bicyclic) bond motifs is 1. The van der Waals surface area contributed by atoms with Gasteiger partial charge in [-0.15, -0.1) is 16.8 Å². The van der Waals surface area contributed by atoms with Gasteiger partial charge in [0.15, 0.2) is 10.3 Å². The van der Waals surface area contributed by atoms with Gasteiger partial charge < -0.3 is 4.57 Å². The summed E-state index contributed by atoms with van der Waals surface area (Å²) in [7, 11) is 0. The van der Waals surface area contributed by atoms with Crippen LogP contribution in [0.5, 0.6) is 0 Å². The molecule has 152 valence electrons. The molecule has 0 aliphatic heterocycles. The van der Waals surface area contributed by atoms with Crippen LogP contribution < -0.4 is 4.90 Å². The number of para-hydroxylation sites is 1. The molecule has 2 heterocycles. The molecule has 6 nitrogen and oxygen atoms in total. The number of rotatable bonds is 8. The number of thioether (sulfide) groups is 1. The number of hydrogen-bond acceptors (Lipinski definition) is 6. The Kier molecular flexibility index (Phi) is 6.25. The fraction of sp³-hybridized carbons (Fsp3) is 0.182. The maximum absolute atomic E-state index is 13.3. The molecule has 0 N–H and O–H groups in total. The minimum Gasteiger partial charge on any atom is -0.305 e. The van der Waals surface area contributed by atoms with Crippen LogP contribution in [0.2, 0.25) is 0 Å². The number of carbonyl (C=O) groups excluding carboxylic acids is 1. The van der Waals surface area contributed by atoms with Gasteiger partial charge in [0, 0.05) is 6.54 Å². The third-order valence-corrected chi connectivity index (χ3v) is 6.56. The lowest BCUT2D eigenvalue weighted by atomic mass is 10.2. The summed E-state index contributed by atoms with van der Waals surface area (Å²) in [5.41, 5.74) is 3.11. The van der Waals surface area contributed by atoms with E-state index in [2.05, 4.69) is 16.8 Å². The molecule has 0 bridgehead atoms. The lowest BCUT2D eigenvalue weighted by molar-refractivity contribution is -0.116. The summed E-state index contributed by atoms with van der Waals surface area (Å²) in [6.07, 6.45) is 3.42. The Bertz CT molecular complexity index is 1170. The molecular weight excluding hydrogens is 414 g/mol. The van der Waals surface area contributed by atoms with Gasteiger partial charge in [-0.05, 0) is 24.1 Å². The molecule has 0 radical (unpaired) electrons.